The molecule has 0 aromatic heterocycles. The SMILES string of the molecule is CCCNCC(C)CN(CCOC)C(C)C. The third-order valence-electron chi connectivity index (χ3n) is 2.78. The highest BCUT2D eigenvalue weighted by Gasteiger charge is 2.12. The van der Waals surface area contributed by atoms with E-state index in [0.717, 1.165) is 32.8 Å². The van der Waals surface area contributed by atoms with Gasteiger partial charge in [0.15, 0.2) is 0 Å². The van der Waals surface area contributed by atoms with Gasteiger partial charge in [-0.25, -0.2) is 0 Å². The molecule has 0 fully saturated rings. The molecule has 0 spiro atoms. The van der Waals surface area contributed by atoms with Crippen molar-refractivity contribution in [1.82, 2.24) is 10.2 Å². The van der Waals surface area contributed by atoms with Crippen LogP contribution in [0.1, 0.15) is 34.1 Å². The molecule has 0 radical (unpaired) electrons. The van der Waals surface area contributed by atoms with Gasteiger partial charge in [-0.15, -0.1) is 0 Å². The minimum absolute atomic E-state index is 0.601. The summed E-state index contributed by atoms with van der Waals surface area (Å²) >= 11 is 0. The lowest BCUT2D eigenvalue weighted by atomic mass is 10.1. The first-order chi connectivity index (χ1) is 7.61. The molecule has 0 aromatic carbocycles. The molecule has 0 aliphatic carbocycles. The predicted octanol–water partition coefficient (Wildman–Crippen LogP) is 1.98. The Morgan fingerprint density at radius 3 is 2.44 bits per heavy atom. The van der Waals surface area contributed by atoms with Crippen molar-refractivity contribution >= 4 is 0 Å². The second-order valence-corrected chi connectivity index (χ2v) is 4.89. The number of rotatable bonds is 10. The zero-order chi connectivity index (χ0) is 12.4. The molecule has 1 atom stereocenters. The summed E-state index contributed by atoms with van der Waals surface area (Å²) in [5.74, 6) is 0.700. The van der Waals surface area contributed by atoms with E-state index < -0.39 is 0 Å². The Bertz CT molecular complexity index is 151. The van der Waals surface area contributed by atoms with E-state index in [9.17, 15) is 0 Å². The zero-order valence-corrected chi connectivity index (χ0v) is 11.8. The average molecular weight is 230 g/mol. The first kappa shape index (κ1) is 15.9. The molecule has 0 aromatic rings. The quantitative estimate of drug-likeness (QED) is 0.581. The van der Waals surface area contributed by atoms with Crippen LogP contribution in [0.3, 0.4) is 0 Å². The molecule has 1 unspecified atom stereocenters. The molecule has 0 heterocycles. The van der Waals surface area contributed by atoms with Crippen LogP contribution in [0.2, 0.25) is 0 Å². The van der Waals surface area contributed by atoms with Gasteiger partial charge in [0.25, 0.3) is 0 Å². The summed E-state index contributed by atoms with van der Waals surface area (Å²) < 4.78 is 5.15. The van der Waals surface area contributed by atoms with Gasteiger partial charge in [0.2, 0.25) is 0 Å². The van der Waals surface area contributed by atoms with Gasteiger partial charge in [0.05, 0.1) is 6.61 Å². The van der Waals surface area contributed by atoms with Crippen molar-refractivity contribution in [2.75, 3.05) is 39.9 Å². The van der Waals surface area contributed by atoms with Crippen LogP contribution in [-0.4, -0.2) is 50.8 Å². The normalized spacial score (nSPS) is 13.7. The van der Waals surface area contributed by atoms with Crippen molar-refractivity contribution in [1.29, 1.82) is 0 Å². The maximum atomic E-state index is 5.15. The smallest absolute Gasteiger partial charge is 0.0589 e. The van der Waals surface area contributed by atoms with Gasteiger partial charge in [0.1, 0.15) is 0 Å². The van der Waals surface area contributed by atoms with Crippen molar-refractivity contribution < 1.29 is 4.74 Å². The molecular formula is C13H30N2O. The standard InChI is InChI=1S/C13H30N2O/c1-6-7-14-10-13(4)11-15(12(2)3)8-9-16-5/h12-14H,6-11H2,1-5H3. The van der Waals surface area contributed by atoms with Crippen molar-refractivity contribution in [3.8, 4) is 0 Å². The number of nitrogens with zero attached hydrogens (tertiary/aromatic N) is 1. The number of hydrogen-bond acceptors (Lipinski definition) is 3. The molecular weight excluding hydrogens is 200 g/mol. The number of hydrogen-bond donors (Lipinski definition) is 1. The van der Waals surface area contributed by atoms with Crippen LogP contribution in [0, 0.1) is 5.92 Å². The molecule has 0 saturated carbocycles. The molecule has 0 aliphatic heterocycles. The summed E-state index contributed by atoms with van der Waals surface area (Å²) in [7, 11) is 1.77. The van der Waals surface area contributed by atoms with Crippen molar-refractivity contribution in [2.24, 2.45) is 5.92 Å². The molecule has 16 heavy (non-hydrogen) atoms. The van der Waals surface area contributed by atoms with Crippen LogP contribution in [-0.2, 0) is 4.74 Å². The van der Waals surface area contributed by atoms with Crippen LogP contribution in [0.25, 0.3) is 0 Å². The Morgan fingerprint density at radius 1 is 1.25 bits per heavy atom. The molecule has 0 amide bonds. The third kappa shape index (κ3) is 8.08. The summed E-state index contributed by atoms with van der Waals surface area (Å²) in [6.45, 7) is 14.3. The number of ether oxygens (including phenoxy) is 1. The van der Waals surface area contributed by atoms with Crippen LogP contribution in [0.5, 0.6) is 0 Å². The third-order valence-corrected chi connectivity index (χ3v) is 2.78. The monoisotopic (exact) mass is 230 g/mol. The fourth-order valence-electron chi connectivity index (χ4n) is 1.76. The molecule has 0 saturated heterocycles. The van der Waals surface area contributed by atoms with Crippen LogP contribution in [0.15, 0.2) is 0 Å². The minimum Gasteiger partial charge on any atom is -0.383 e. The van der Waals surface area contributed by atoms with E-state index in [-0.39, 0.29) is 0 Å². The second kappa shape index (κ2) is 10.1. The first-order valence-corrected chi connectivity index (χ1v) is 6.55. The Morgan fingerprint density at radius 2 is 1.94 bits per heavy atom. The van der Waals surface area contributed by atoms with Gasteiger partial charge in [-0.1, -0.05) is 13.8 Å². The highest BCUT2D eigenvalue weighted by molar-refractivity contribution is 4.68. The van der Waals surface area contributed by atoms with E-state index in [1.807, 2.05) is 0 Å². The summed E-state index contributed by atoms with van der Waals surface area (Å²) in [6.07, 6.45) is 1.21. The van der Waals surface area contributed by atoms with Crippen LogP contribution in [0.4, 0.5) is 0 Å². The van der Waals surface area contributed by atoms with E-state index in [1.54, 1.807) is 7.11 Å². The van der Waals surface area contributed by atoms with Crippen LogP contribution >= 0.6 is 0 Å². The highest BCUT2D eigenvalue weighted by atomic mass is 16.5. The molecule has 3 heteroatoms. The molecule has 3 nitrogen and oxygen atoms in total. The van der Waals surface area contributed by atoms with Gasteiger partial charge >= 0.3 is 0 Å². The molecule has 1 N–H and O–H groups in total. The van der Waals surface area contributed by atoms with Gasteiger partial charge < -0.3 is 10.1 Å². The molecule has 0 rings (SSSR count). The summed E-state index contributed by atoms with van der Waals surface area (Å²) in [5.41, 5.74) is 0. The second-order valence-electron chi connectivity index (χ2n) is 4.89. The summed E-state index contributed by atoms with van der Waals surface area (Å²) in [5, 5.41) is 3.48. The number of methoxy groups -OCH3 is 1. The minimum atomic E-state index is 0.601. The van der Waals surface area contributed by atoms with Gasteiger partial charge in [-0.05, 0) is 39.3 Å². The lowest BCUT2D eigenvalue weighted by Crippen LogP contribution is -2.39. The van der Waals surface area contributed by atoms with E-state index in [1.165, 1.54) is 6.42 Å². The maximum Gasteiger partial charge on any atom is 0.0589 e. The van der Waals surface area contributed by atoms with Crippen molar-refractivity contribution in [2.45, 2.75) is 40.2 Å². The van der Waals surface area contributed by atoms with Gasteiger partial charge in [0, 0.05) is 26.2 Å². The molecule has 0 bridgehead atoms. The Balaban J connectivity index is 3.78. The Labute approximate surface area is 102 Å². The predicted molar refractivity (Wildman–Crippen MR) is 70.9 cm³/mol. The fourth-order valence-corrected chi connectivity index (χ4v) is 1.76. The zero-order valence-electron chi connectivity index (χ0n) is 11.8. The first-order valence-electron chi connectivity index (χ1n) is 6.55. The van der Waals surface area contributed by atoms with Crippen LogP contribution < -0.4 is 5.32 Å². The van der Waals surface area contributed by atoms with E-state index in [2.05, 4.69) is 37.9 Å². The topological polar surface area (TPSA) is 24.5 Å². The average Bonchev–Trinajstić information content (AvgIpc) is 2.24. The van der Waals surface area contributed by atoms with Gasteiger partial charge in [-0.3, -0.25) is 4.90 Å². The number of nitrogens with one attached hydrogen (secondary N) is 1. The lowest BCUT2D eigenvalue weighted by molar-refractivity contribution is 0.118. The summed E-state index contributed by atoms with van der Waals surface area (Å²) in [4.78, 5) is 2.49. The van der Waals surface area contributed by atoms with Crippen molar-refractivity contribution in [3.05, 3.63) is 0 Å². The fraction of sp³-hybridized carbons (Fsp3) is 1.00. The maximum absolute atomic E-state index is 5.15. The Kier molecular flexibility index (Phi) is 9.99. The lowest BCUT2D eigenvalue weighted by Gasteiger charge is -2.29. The summed E-state index contributed by atoms with van der Waals surface area (Å²) in [6, 6.07) is 0.601. The van der Waals surface area contributed by atoms with Gasteiger partial charge in [-0.2, -0.15) is 0 Å². The van der Waals surface area contributed by atoms with E-state index >= 15 is 0 Å². The molecule has 98 valence electrons. The largest absolute Gasteiger partial charge is 0.383 e. The van der Waals surface area contributed by atoms with Crippen molar-refractivity contribution in [3.63, 3.8) is 0 Å². The van der Waals surface area contributed by atoms with E-state index in [4.69, 9.17) is 4.74 Å². The highest BCUT2D eigenvalue weighted by Crippen LogP contribution is 2.04. The molecule has 0 aliphatic rings. The Hall–Kier alpha value is -0.120. The van der Waals surface area contributed by atoms with E-state index in [0.29, 0.717) is 12.0 Å².